The highest BCUT2D eigenvalue weighted by molar-refractivity contribution is 6.07. The second kappa shape index (κ2) is 6.24. The van der Waals surface area contributed by atoms with E-state index in [0.29, 0.717) is 11.6 Å². The lowest BCUT2D eigenvalue weighted by Gasteiger charge is -2.28. The van der Waals surface area contributed by atoms with Crippen LogP contribution in [0.4, 0.5) is 11.4 Å². The fourth-order valence-electron chi connectivity index (χ4n) is 2.83. The van der Waals surface area contributed by atoms with Crippen LogP contribution in [0.1, 0.15) is 23.8 Å². The minimum Gasteiger partial charge on any atom is -0.480 e. The van der Waals surface area contributed by atoms with E-state index in [0.717, 1.165) is 24.3 Å². The van der Waals surface area contributed by atoms with Gasteiger partial charge in [-0.05, 0) is 31.5 Å². The lowest BCUT2D eigenvalue weighted by atomic mass is 10.1. The van der Waals surface area contributed by atoms with Crippen LogP contribution in [0.3, 0.4) is 0 Å². The van der Waals surface area contributed by atoms with Gasteiger partial charge in [0, 0.05) is 25.7 Å². The zero-order valence-electron chi connectivity index (χ0n) is 13.6. The molecule has 1 atom stereocenters. The highest BCUT2D eigenvalue weighted by Gasteiger charge is 2.29. The highest BCUT2D eigenvalue weighted by Crippen LogP contribution is 2.34. The first-order valence-corrected chi connectivity index (χ1v) is 7.63. The summed E-state index contributed by atoms with van der Waals surface area (Å²) in [4.78, 5) is 17.0. The van der Waals surface area contributed by atoms with Gasteiger partial charge in [-0.25, -0.2) is 0 Å². The van der Waals surface area contributed by atoms with E-state index in [1.54, 1.807) is 12.1 Å². The number of methoxy groups -OCH3 is 1. The number of fused-ring (bicyclic) bond motifs is 1. The lowest BCUT2D eigenvalue weighted by Crippen LogP contribution is -2.39. The molecule has 0 bridgehead atoms. The average molecular weight is 312 g/mol. The zero-order chi connectivity index (χ0) is 16.4. The molecule has 2 heterocycles. The third-order valence-corrected chi connectivity index (χ3v) is 4.16. The van der Waals surface area contributed by atoms with E-state index < -0.39 is 0 Å². The number of anilines is 2. The van der Waals surface area contributed by atoms with E-state index in [-0.39, 0.29) is 11.9 Å². The standard InChI is InChI=1S/C17H20N4O2/c1-12-10-11-20(2)14-6-4-5-7-15(14)21(12)17(22)13-8-9-16(23-3)19-18-13/h4-9,12H,10-11H2,1-3H3. The minimum atomic E-state index is -0.143. The van der Waals surface area contributed by atoms with Crippen molar-refractivity contribution in [1.29, 1.82) is 0 Å². The third kappa shape index (κ3) is 2.84. The van der Waals surface area contributed by atoms with Gasteiger partial charge < -0.3 is 14.5 Å². The predicted octanol–water partition coefficient (Wildman–Crippen LogP) is 2.36. The molecule has 1 aliphatic rings. The van der Waals surface area contributed by atoms with Gasteiger partial charge in [0.05, 0.1) is 18.5 Å². The number of carbonyl (C=O) groups is 1. The summed E-state index contributed by atoms with van der Waals surface area (Å²) in [6.45, 7) is 2.96. The molecule has 0 aliphatic carbocycles. The van der Waals surface area contributed by atoms with Crippen molar-refractivity contribution in [2.45, 2.75) is 19.4 Å². The summed E-state index contributed by atoms with van der Waals surface area (Å²) in [6.07, 6.45) is 0.889. The summed E-state index contributed by atoms with van der Waals surface area (Å²) >= 11 is 0. The molecule has 0 radical (unpaired) electrons. The highest BCUT2D eigenvalue weighted by atomic mass is 16.5. The summed E-state index contributed by atoms with van der Waals surface area (Å²) in [6, 6.07) is 11.3. The average Bonchev–Trinajstić information content (AvgIpc) is 2.72. The molecule has 120 valence electrons. The molecule has 1 aromatic heterocycles. The quantitative estimate of drug-likeness (QED) is 0.852. The Labute approximate surface area is 135 Å². The third-order valence-electron chi connectivity index (χ3n) is 4.16. The van der Waals surface area contributed by atoms with Crippen molar-refractivity contribution >= 4 is 17.3 Å². The maximum Gasteiger partial charge on any atom is 0.279 e. The van der Waals surface area contributed by atoms with E-state index in [1.807, 2.05) is 36.2 Å². The fraction of sp³-hybridized carbons (Fsp3) is 0.353. The van der Waals surface area contributed by atoms with Crippen molar-refractivity contribution in [2.24, 2.45) is 0 Å². The number of carbonyl (C=O) groups excluding carboxylic acids is 1. The second-order valence-corrected chi connectivity index (χ2v) is 5.68. The molecule has 0 spiro atoms. The van der Waals surface area contributed by atoms with Crippen molar-refractivity contribution in [2.75, 3.05) is 30.5 Å². The molecule has 2 aromatic rings. The second-order valence-electron chi connectivity index (χ2n) is 5.68. The van der Waals surface area contributed by atoms with Gasteiger partial charge in [0.2, 0.25) is 5.88 Å². The summed E-state index contributed by atoms with van der Waals surface area (Å²) < 4.78 is 5.00. The van der Waals surface area contributed by atoms with Crippen LogP contribution in [0.5, 0.6) is 5.88 Å². The van der Waals surface area contributed by atoms with E-state index in [2.05, 4.69) is 22.0 Å². The van der Waals surface area contributed by atoms with Gasteiger partial charge in [-0.3, -0.25) is 4.79 Å². The zero-order valence-corrected chi connectivity index (χ0v) is 13.6. The maximum absolute atomic E-state index is 13.0. The summed E-state index contributed by atoms with van der Waals surface area (Å²) in [5.41, 5.74) is 2.27. The molecule has 0 fully saturated rings. The molecule has 23 heavy (non-hydrogen) atoms. The Bertz CT molecular complexity index is 702. The number of hydrogen-bond donors (Lipinski definition) is 0. The van der Waals surface area contributed by atoms with E-state index >= 15 is 0 Å². The summed E-state index contributed by atoms with van der Waals surface area (Å²) in [5, 5.41) is 7.90. The normalized spacial score (nSPS) is 17.4. The number of hydrogen-bond acceptors (Lipinski definition) is 5. The van der Waals surface area contributed by atoms with Crippen molar-refractivity contribution in [3.63, 3.8) is 0 Å². The van der Waals surface area contributed by atoms with Gasteiger partial charge >= 0.3 is 0 Å². The van der Waals surface area contributed by atoms with Crippen LogP contribution in [-0.2, 0) is 0 Å². The number of benzene rings is 1. The smallest absolute Gasteiger partial charge is 0.279 e. The molecular weight excluding hydrogens is 292 g/mol. The Balaban J connectivity index is 2.01. The number of nitrogens with zero attached hydrogens (tertiary/aromatic N) is 4. The predicted molar refractivity (Wildman–Crippen MR) is 89.2 cm³/mol. The summed E-state index contributed by atoms with van der Waals surface area (Å²) in [7, 11) is 3.57. The van der Waals surface area contributed by atoms with Crippen LogP contribution in [0, 0.1) is 0 Å². The maximum atomic E-state index is 13.0. The Morgan fingerprint density at radius 3 is 2.57 bits per heavy atom. The molecule has 0 saturated heterocycles. The summed E-state index contributed by atoms with van der Waals surface area (Å²) in [5.74, 6) is 0.251. The van der Waals surface area contributed by atoms with Gasteiger partial charge in [0.15, 0.2) is 5.69 Å². The first kappa shape index (κ1) is 15.3. The number of rotatable bonds is 2. The number of ether oxygens (including phenoxy) is 1. The van der Waals surface area contributed by atoms with Gasteiger partial charge in [0.25, 0.3) is 5.91 Å². The van der Waals surface area contributed by atoms with Crippen LogP contribution >= 0.6 is 0 Å². The number of para-hydroxylation sites is 2. The van der Waals surface area contributed by atoms with Crippen LogP contribution in [-0.4, -0.2) is 42.8 Å². The fourth-order valence-corrected chi connectivity index (χ4v) is 2.83. The molecule has 0 N–H and O–H groups in total. The van der Waals surface area contributed by atoms with Gasteiger partial charge in [0.1, 0.15) is 0 Å². The Morgan fingerprint density at radius 1 is 1.17 bits per heavy atom. The Morgan fingerprint density at radius 2 is 1.91 bits per heavy atom. The molecular formula is C17H20N4O2. The van der Waals surface area contributed by atoms with Crippen LogP contribution < -0.4 is 14.5 Å². The molecule has 6 heteroatoms. The van der Waals surface area contributed by atoms with E-state index in [1.165, 1.54) is 7.11 Å². The van der Waals surface area contributed by atoms with Crippen LogP contribution in [0.25, 0.3) is 0 Å². The SMILES string of the molecule is COc1ccc(C(=O)N2c3ccccc3N(C)CCC2C)nn1. The first-order valence-electron chi connectivity index (χ1n) is 7.63. The monoisotopic (exact) mass is 312 g/mol. The van der Waals surface area contributed by atoms with Gasteiger partial charge in [-0.15, -0.1) is 10.2 Å². The first-order chi connectivity index (χ1) is 11.1. The van der Waals surface area contributed by atoms with Crippen LogP contribution in [0.2, 0.25) is 0 Å². The lowest BCUT2D eigenvalue weighted by molar-refractivity contribution is 0.0972. The van der Waals surface area contributed by atoms with Crippen LogP contribution in [0.15, 0.2) is 36.4 Å². The molecule has 6 nitrogen and oxygen atoms in total. The molecule has 3 rings (SSSR count). The minimum absolute atomic E-state index is 0.0810. The molecule has 1 aliphatic heterocycles. The molecule has 1 aromatic carbocycles. The topological polar surface area (TPSA) is 58.6 Å². The Kier molecular flexibility index (Phi) is 4.14. The van der Waals surface area contributed by atoms with E-state index in [9.17, 15) is 4.79 Å². The van der Waals surface area contributed by atoms with Gasteiger partial charge in [-0.1, -0.05) is 12.1 Å². The van der Waals surface area contributed by atoms with Gasteiger partial charge in [-0.2, -0.15) is 0 Å². The largest absolute Gasteiger partial charge is 0.480 e. The van der Waals surface area contributed by atoms with Crippen molar-refractivity contribution in [3.05, 3.63) is 42.1 Å². The van der Waals surface area contributed by atoms with Crippen molar-refractivity contribution < 1.29 is 9.53 Å². The van der Waals surface area contributed by atoms with E-state index in [4.69, 9.17) is 4.74 Å². The number of aromatic nitrogens is 2. The number of amides is 1. The molecule has 1 amide bonds. The van der Waals surface area contributed by atoms with Crippen molar-refractivity contribution in [1.82, 2.24) is 10.2 Å². The van der Waals surface area contributed by atoms with Crippen molar-refractivity contribution in [3.8, 4) is 5.88 Å². The molecule has 0 saturated carbocycles. The molecule has 1 unspecified atom stereocenters. The Hall–Kier alpha value is -2.63.